The predicted molar refractivity (Wildman–Crippen MR) is 104 cm³/mol. The van der Waals surface area contributed by atoms with Gasteiger partial charge in [0.15, 0.2) is 0 Å². The Morgan fingerprint density at radius 2 is 2.00 bits per heavy atom. The van der Waals surface area contributed by atoms with E-state index < -0.39 is 36.3 Å². The topological polar surface area (TPSA) is 99.4 Å². The minimum Gasteiger partial charge on any atom is -0.388 e. The summed E-state index contributed by atoms with van der Waals surface area (Å²) in [5.41, 5.74) is 2.22. The molecule has 28 heavy (non-hydrogen) atoms. The van der Waals surface area contributed by atoms with E-state index in [1.807, 2.05) is 18.2 Å². The molecule has 1 saturated heterocycles. The van der Waals surface area contributed by atoms with Crippen LogP contribution >= 0.6 is 22.9 Å². The van der Waals surface area contributed by atoms with Gasteiger partial charge in [0, 0.05) is 26.8 Å². The number of aliphatic hydroxyl groups excluding tert-OH is 4. The van der Waals surface area contributed by atoms with E-state index in [2.05, 4.69) is 0 Å². The second-order valence-electron chi connectivity index (χ2n) is 7.46. The summed E-state index contributed by atoms with van der Waals surface area (Å²) in [7, 11) is 0. The average Bonchev–Trinajstić information content (AvgIpc) is 3.25. The first-order valence-corrected chi connectivity index (χ1v) is 10.4. The van der Waals surface area contributed by atoms with E-state index in [1.165, 1.54) is 11.3 Å². The number of thiophene rings is 1. The van der Waals surface area contributed by atoms with Crippen molar-refractivity contribution in [1.29, 1.82) is 0 Å². The van der Waals surface area contributed by atoms with E-state index in [-0.39, 0.29) is 6.61 Å². The highest BCUT2D eigenvalue weighted by molar-refractivity contribution is 7.12. The molecule has 8 heteroatoms. The number of benzene rings is 1. The van der Waals surface area contributed by atoms with Gasteiger partial charge in [0.05, 0.1) is 18.8 Å². The van der Waals surface area contributed by atoms with Gasteiger partial charge in [-0.25, -0.2) is 0 Å². The van der Waals surface area contributed by atoms with Crippen molar-refractivity contribution in [3.8, 4) is 0 Å². The molecule has 6 atom stereocenters. The van der Waals surface area contributed by atoms with Crippen LogP contribution in [0, 0.1) is 0 Å². The molecule has 0 radical (unpaired) electrons. The lowest BCUT2D eigenvalue weighted by molar-refractivity contribution is -0.362. The Hall–Kier alpha value is -1.03. The highest BCUT2D eigenvalue weighted by Crippen LogP contribution is 2.47. The van der Waals surface area contributed by atoms with Crippen LogP contribution in [-0.4, -0.2) is 44.8 Å². The van der Waals surface area contributed by atoms with Crippen LogP contribution in [-0.2, 0) is 28.3 Å². The minimum absolute atomic E-state index is 0.188. The third kappa shape index (κ3) is 3.20. The number of hydrogen-bond donors (Lipinski definition) is 4. The fourth-order valence-corrected chi connectivity index (χ4v) is 5.08. The first-order valence-electron chi connectivity index (χ1n) is 9.17. The van der Waals surface area contributed by atoms with E-state index in [1.54, 1.807) is 19.9 Å². The van der Waals surface area contributed by atoms with Crippen LogP contribution in [0.25, 0.3) is 0 Å². The molecule has 2 aliphatic heterocycles. The Balaban J connectivity index is 1.71. The van der Waals surface area contributed by atoms with Gasteiger partial charge in [-0.2, -0.15) is 0 Å². The van der Waals surface area contributed by atoms with E-state index in [4.69, 9.17) is 21.1 Å². The van der Waals surface area contributed by atoms with Crippen molar-refractivity contribution in [2.24, 2.45) is 0 Å². The zero-order valence-electron chi connectivity index (χ0n) is 15.5. The summed E-state index contributed by atoms with van der Waals surface area (Å²) in [6.45, 7) is 3.54. The molecule has 0 amide bonds. The van der Waals surface area contributed by atoms with Crippen LogP contribution in [0.4, 0.5) is 0 Å². The lowest BCUT2D eigenvalue weighted by Gasteiger charge is -2.45. The summed E-state index contributed by atoms with van der Waals surface area (Å²) in [6.07, 6.45) is -4.71. The summed E-state index contributed by atoms with van der Waals surface area (Å²) in [5.74, 6) is -1.53. The molecule has 1 spiro atoms. The van der Waals surface area contributed by atoms with Crippen LogP contribution < -0.4 is 0 Å². The fraction of sp³-hybridized carbons (Fsp3) is 0.500. The summed E-state index contributed by atoms with van der Waals surface area (Å²) < 4.78 is 11.7. The second-order valence-corrected chi connectivity index (χ2v) is 9.07. The van der Waals surface area contributed by atoms with Gasteiger partial charge in [-0.05, 0) is 49.2 Å². The standard InChI is InChI=1S/C20H23ClO6S/c1-9(22)16-4-3-13(28-16)5-11-6-14-12(7-15(11)21)8-26-20(14)19(25)18(24)17(23)10(2)27-20/h3-4,6-7,9-10,17-19,22-25H,5,8H2,1-2H3/t9-,10+,17+,18-,19+,20-/m0/s1. The molecule has 3 heterocycles. The van der Waals surface area contributed by atoms with Crippen LogP contribution in [0.3, 0.4) is 0 Å². The highest BCUT2D eigenvalue weighted by atomic mass is 35.5. The molecular weight excluding hydrogens is 404 g/mol. The van der Waals surface area contributed by atoms with Gasteiger partial charge in [-0.15, -0.1) is 11.3 Å². The SMILES string of the molecule is C[C@H](O)c1ccc(Cc2cc3c(cc2Cl)CO[C@]32O[C@H](C)[C@@H](O)[C@H](O)[C@H]2O)s1. The molecule has 1 aromatic carbocycles. The first-order chi connectivity index (χ1) is 13.2. The molecule has 1 aromatic heterocycles. The van der Waals surface area contributed by atoms with Crippen molar-refractivity contribution in [3.63, 3.8) is 0 Å². The maximum absolute atomic E-state index is 10.7. The summed E-state index contributed by atoms with van der Waals surface area (Å²) in [4.78, 5) is 1.92. The molecule has 4 N–H and O–H groups in total. The maximum atomic E-state index is 10.7. The second kappa shape index (κ2) is 7.34. The Kier molecular flexibility index (Phi) is 5.31. The van der Waals surface area contributed by atoms with E-state index in [0.29, 0.717) is 17.0 Å². The number of ether oxygens (including phenoxy) is 2. The number of halogens is 1. The number of hydrogen-bond acceptors (Lipinski definition) is 7. The highest BCUT2D eigenvalue weighted by Gasteiger charge is 2.57. The largest absolute Gasteiger partial charge is 0.388 e. The van der Waals surface area contributed by atoms with Crippen molar-refractivity contribution in [1.82, 2.24) is 0 Å². The summed E-state index contributed by atoms with van der Waals surface area (Å²) in [6, 6.07) is 7.48. The van der Waals surface area contributed by atoms with Gasteiger partial charge in [0.1, 0.15) is 18.3 Å². The maximum Gasteiger partial charge on any atom is 0.225 e. The normalized spacial score (nSPS) is 33.2. The fourth-order valence-electron chi connectivity index (χ4n) is 3.85. The van der Waals surface area contributed by atoms with Gasteiger partial charge < -0.3 is 29.9 Å². The molecule has 0 aliphatic carbocycles. The molecule has 0 saturated carbocycles. The predicted octanol–water partition coefficient (Wildman–Crippen LogP) is 2.23. The van der Waals surface area contributed by atoms with Gasteiger partial charge in [-0.1, -0.05) is 11.6 Å². The molecule has 6 nitrogen and oxygen atoms in total. The Labute approximate surface area is 171 Å². The van der Waals surface area contributed by atoms with Crippen molar-refractivity contribution in [3.05, 3.63) is 55.7 Å². The lowest BCUT2D eigenvalue weighted by Crippen LogP contribution is -2.62. The molecule has 2 aliphatic rings. The van der Waals surface area contributed by atoms with Crippen LogP contribution in [0.1, 0.15) is 46.4 Å². The van der Waals surface area contributed by atoms with Gasteiger partial charge in [0.25, 0.3) is 0 Å². The molecule has 152 valence electrons. The first kappa shape index (κ1) is 20.3. The lowest BCUT2D eigenvalue weighted by atomic mass is 9.87. The summed E-state index contributed by atoms with van der Waals surface area (Å²) >= 11 is 7.99. The van der Waals surface area contributed by atoms with Crippen molar-refractivity contribution >= 4 is 22.9 Å². The molecule has 1 fully saturated rings. The Morgan fingerprint density at radius 3 is 2.68 bits per heavy atom. The quantitative estimate of drug-likeness (QED) is 0.600. The van der Waals surface area contributed by atoms with Gasteiger partial charge >= 0.3 is 0 Å². The van der Waals surface area contributed by atoms with E-state index in [9.17, 15) is 20.4 Å². The number of fused-ring (bicyclic) bond motifs is 2. The van der Waals surface area contributed by atoms with Crippen LogP contribution in [0.15, 0.2) is 24.3 Å². The Morgan fingerprint density at radius 1 is 1.25 bits per heavy atom. The van der Waals surface area contributed by atoms with Crippen molar-refractivity contribution < 1.29 is 29.9 Å². The summed E-state index contributed by atoms with van der Waals surface area (Å²) in [5, 5.41) is 41.3. The van der Waals surface area contributed by atoms with E-state index in [0.717, 1.165) is 20.9 Å². The van der Waals surface area contributed by atoms with Crippen LogP contribution in [0.2, 0.25) is 5.02 Å². The monoisotopic (exact) mass is 426 g/mol. The number of aliphatic hydroxyl groups is 4. The zero-order chi connectivity index (χ0) is 20.2. The van der Waals surface area contributed by atoms with Gasteiger partial charge in [0.2, 0.25) is 5.79 Å². The van der Waals surface area contributed by atoms with Crippen molar-refractivity contribution in [2.75, 3.05) is 0 Å². The zero-order valence-corrected chi connectivity index (χ0v) is 17.1. The average molecular weight is 427 g/mol. The third-order valence-electron chi connectivity index (χ3n) is 5.45. The molecule has 0 unspecified atom stereocenters. The minimum atomic E-state index is -1.53. The molecular formula is C20H23ClO6S. The van der Waals surface area contributed by atoms with Crippen molar-refractivity contribution in [2.45, 2.75) is 63.2 Å². The smallest absolute Gasteiger partial charge is 0.225 e. The third-order valence-corrected chi connectivity index (χ3v) is 7.06. The number of rotatable bonds is 3. The van der Waals surface area contributed by atoms with Gasteiger partial charge in [-0.3, -0.25) is 0 Å². The Bertz CT molecular complexity index is 884. The molecule has 2 aromatic rings. The van der Waals surface area contributed by atoms with Crippen LogP contribution in [0.5, 0.6) is 0 Å². The molecule has 4 rings (SSSR count). The van der Waals surface area contributed by atoms with E-state index >= 15 is 0 Å². The molecule has 0 bridgehead atoms.